The number of alkyl halides is 3. The lowest BCUT2D eigenvalue weighted by Gasteiger charge is -2.24. The van der Waals surface area contributed by atoms with Crippen molar-refractivity contribution in [3.63, 3.8) is 0 Å². The van der Waals surface area contributed by atoms with Gasteiger partial charge >= 0.3 is 6.18 Å². The SMILES string of the molecule is CCCNCC(=O)N(Cc1ccc(F)cc1)c1ccc(C#N)c(C(F)(F)F)c1. The summed E-state index contributed by atoms with van der Waals surface area (Å²) in [7, 11) is 0. The fourth-order valence-electron chi connectivity index (χ4n) is 2.60. The fraction of sp³-hybridized carbons (Fsp3) is 0.300. The minimum Gasteiger partial charge on any atom is -0.308 e. The van der Waals surface area contributed by atoms with Crippen LogP contribution < -0.4 is 10.2 Å². The van der Waals surface area contributed by atoms with Crippen molar-refractivity contribution in [3.8, 4) is 6.07 Å². The van der Waals surface area contributed by atoms with Crippen molar-refractivity contribution in [1.29, 1.82) is 5.26 Å². The van der Waals surface area contributed by atoms with Crippen LogP contribution in [0.25, 0.3) is 0 Å². The lowest BCUT2D eigenvalue weighted by molar-refractivity contribution is -0.137. The van der Waals surface area contributed by atoms with Gasteiger partial charge in [0.1, 0.15) is 5.82 Å². The van der Waals surface area contributed by atoms with Gasteiger partial charge in [-0.2, -0.15) is 18.4 Å². The molecule has 0 aliphatic rings. The second kappa shape index (κ2) is 9.33. The van der Waals surface area contributed by atoms with E-state index in [9.17, 15) is 22.4 Å². The number of nitrogens with zero attached hydrogens (tertiary/aromatic N) is 2. The van der Waals surface area contributed by atoms with Gasteiger partial charge in [-0.1, -0.05) is 19.1 Å². The Balaban J connectivity index is 2.41. The van der Waals surface area contributed by atoms with E-state index >= 15 is 0 Å². The Morgan fingerprint density at radius 3 is 2.43 bits per heavy atom. The molecule has 0 radical (unpaired) electrons. The van der Waals surface area contributed by atoms with Crippen molar-refractivity contribution in [2.24, 2.45) is 0 Å². The summed E-state index contributed by atoms with van der Waals surface area (Å²) in [5.41, 5.74) is -1.05. The average molecular weight is 393 g/mol. The van der Waals surface area contributed by atoms with E-state index in [4.69, 9.17) is 5.26 Å². The highest BCUT2D eigenvalue weighted by Gasteiger charge is 2.34. The maximum Gasteiger partial charge on any atom is 0.417 e. The summed E-state index contributed by atoms with van der Waals surface area (Å²) in [6, 6.07) is 10.0. The van der Waals surface area contributed by atoms with Crippen molar-refractivity contribution >= 4 is 11.6 Å². The van der Waals surface area contributed by atoms with Crippen LogP contribution in [-0.2, 0) is 17.5 Å². The molecular weight excluding hydrogens is 374 g/mol. The molecule has 0 saturated heterocycles. The van der Waals surface area contributed by atoms with Gasteiger partial charge in [-0.05, 0) is 48.9 Å². The molecule has 0 saturated carbocycles. The van der Waals surface area contributed by atoms with Gasteiger partial charge in [0.05, 0.1) is 30.3 Å². The molecule has 0 fully saturated rings. The highest BCUT2D eigenvalue weighted by molar-refractivity contribution is 5.95. The monoisotopic (exact) mass is 393 g/mol. The number of rotatable bonds is 7. The Bertz CT molecular complexity index is 857. The molecule has 2 aromatic carbocycles. The van der Waals surface area contributed by atoms with E-state index in [0.29, 0.717) is 12.1 Å². The number of benzene rings is 2. The van der Waals surface area contributed by atoms with Crippen molar-refractivity contribution in [3.05, 3.63) is 65.0 Å². The van der Waals surface area contributed by atoms with Crippen LogP contribution in [0.3, 0.4) is 0 Å². The number of amides is 1. The van der Waals surface area contributed by atoms with Gasteiger partial charge in [-0.15, -0.1) is 0 Å². The number of nitriles is 1. The first kappa shape index (κ1) is 21.4. The lowest BCUT2D eigenvalue weighted by atomic mass is 10.1. The van der Waals surface area contributed by atoms with E-state index in [2.05, 4.69) is 5.32 Å². The van der Waals surface area contributed by atoms with Crippen LogP contribution in [0.1, 0.15) is 30.0 Å². The molecule has 1 amide bonds. The first-order chi connectivity index (χ1) is 13.3. The lowest BCUT2D eigenvalue weighted by Crippen LogP contribution is -2.38. The zero-order valence-corrected chi connectivity index (χ0v) is 15.2. The maximum absolute atomic E-state index is 13.3. The Labute approximate surface area is 160 Å². The third-order valence-corrected chi connectivity index (χ3v) is 4.00. The number of nitrogens with one attached hydrogen (secondary N) is 1. The van der Waals surface area contributed by atoms with E-state index in [1.54, 1.807) is 0 Å². The number of carbonyl (C=O) groups excluding carboxylic acids is 1. The molecule has 0 atom stereocenters. The van der Waals surface area contributed by atoms with E-state index in [-0.39, 0.29) is 18.8 Å². The standard InChI is InChI=1S/C20H19F4N3O/c1-2-9-26-12-19(28)27(13-14-3-6-16(21)7-4-14)17-8-5-15(11-25)18(10-17)20(22,23)24/h3-8,10,26H,2,9,12-13H2,1H3. The average Bonchev–Trinajstić information content (AvgIpc) is 2.66. The second-order valence-electron chi connectivity index (χ2n) is 6.12. The molecule has 0 bridgehead atoms. The van der Waals surface area contributed by atoms with Crippen LogP contribution in [0.5, 0.6) is 0 Å². The molecule has 0 spiro atoms. The summed E-state index contributed by atoms with van der Waals surface area (Å²) in [5.74, 6) is -0.889. The van der Waals surface area contributed by atoms with Crippen LogP contribution in [0.15, 0.2) is 42.5 Å². The van der Waals surface area contributed by atoms with Crippen LogP contribution in [-0.4, -0.2) is 19.0 Å². The van der Waals surface area contributed by atoms with Gasteiger partial charge in [0.2, 0.25) is 5.91 Å². The summed E-state index contributed by atoms with van der Waals surface area (Å²) >= 11 is 0. The van der Waals surface area contributed by atoms with Crippen LogP contribution in [0.2, 0.25) is 0 Å². The predicted octanol–water partition coefficient (Wildman–Crippen LogP) is 4.25. The smallest absolute Gasteiger partial charge is 0.308 e. The first-order valence-electron chi connectivity index (χ1n) is 8.63. The first-order valence-corrected chi connectivity index (χ1v) is 8.63. The molecule has 28 heavy (non-hydrogen) atoms. The molecule has 148 valence electrons. The molecule has 2 aromatic rings. The van der Waals surface area contributed by atoms with E-state index < -0.39 is 29.0 Å². The zero-order chi connectivity index (χ0) is 20.7. The fourth-order valence-corrected chi connectivity index (χ4v) is 2.60. The Kier molecular flexibility index (Phi) is 7.12. The highest BCUT2D eigenvalue weighted by atomic mass is 19.4. The molecule has 0 aliphatic heterocycles. The zero-order valence-electron chi connectivity index (χ0n) is 15.2. The quantitative estimate of drug-likeness (QED) is 0.565. The molecule has 0 aromatic heterocycles. The molecular formula is C20H19F4N3O. The summed E-state index contributed by atoms with van der Waals surface area (Å²) < 4.78 is 53.0. The number of hydrogen-bond donors (Lipinski definition) is 1. The number of halogens is 4. The molecule has 0 unspecified atom stereocenters. The third-order valence-electron chi connectivity index (χ3n) is 4.00. The van der Waals surface area contributed by atoms with Crippen molar-refractivity contribution in [2.45, 2.75) is 26.1 Å². The molecule has 8 heteroatoms. The topological polar surface area (TPSA) is 56.1 Å². The molecule has 0 aliphatic carbocycles. The largest absolute Gasteiger partial charge is 0.417 e. The van der Waals surface area contributed by atoms with Crippen LogP contribution in [0, 0.1) is 17.1 Å². The minimum atomic E-state index is -4.73. The summed E-state index contributed by atoms with van der Waals surface area (Å²) in [5, 5.41) is 11.9. The van der Waals surface area contributed by atoms with Crippen LogP contribution >= 0.6 is 0 Å². The van der Waals surface area contributed by atoms with Gasteiger partial charge in [-0.3, -0.25) is 4.79 Å². The van der Waals surface area contributed by atoms with Gasteiger partial charge in [0.15, 0.2) is 0 Å². The second-order valence-corrected chi connectivity index (χ2v) is 6.12. The third kappa shape index (κ3) is 5.54. The Morgan fingerprint density at radius 1 is 1.18 bits per heavy atom. The minimum absolute atomic E-state index is 0.0129. The predicted molar refractivity (Wildman–Crippen MR) is 96.9 cm³/mol. The van der Waals surface area contributed by atoms with Gasteiger partial charge < -0.3 is 10.2 Å². The maximum atomic E-state index is 13.3. The van der Waals surface area contributed by atoms with Crippen molar-refractivity contribution < 1.29 is 22.4 Å². The van der Waals surface area contributed by atoms with Gasteiger partial charge in [-0.25, -0.2) is 4.39 Å². The van der Waals surface area contributed by atoms with E-state index in [0.717, 1.165) is 18.6 Å². The summed E-state index contributed by atoms with van der Waals surface area (Å²) in [4.78, 5) is 13.8. The van der Waals surface area contributed by atoms with Gasteiger partial charge in [0, 0.05) is 5.69 Å². The normalized spacial score (nSPS) is 11.1. The number of carbonyl (C=O) groups is 1. The summed E-state index contributed by atoms with van der Waals surface area (Å²) in [6.45, 7) is 2.41. The Hall–Kier alpha value is -2.92. The Morgan fingerprint density at radius 2 is 1.86 bits per heavy atom. The van der Waals surface area contributed by atoms with Crippen molar-refractivity contribution in [1.82, 2.24) is 5.32 Å². The van der Waals surface area contributed by atoms with Crippen LogP contribution in [0.4, 0.5) is 23.2 Å². The van der Waals surface area contributed by atoms with Crippen molar-refractivity contribution in [2.75, 3.05) is 18.0 Å². The van der Waals surface area contributed by atoms with E-state index in [1.807, 2.05) is 6.92 Å². The molecule has 4 nitrogen and oxygen atoms in total. The number of anilines is 1. The molecule has 1 N–H and O–H groups in total. The van der Waals surface area contributed by atoms with Gasteiger partial charge in [0.25, 0.3) is 0 Å². The molecule has 0 heterocycles. The number of hydrogen-bond acceptors (Lipinski definition) is 3. The summed E-state index contributed by atoms with van der Waals surface area (Å²) in [6.07, 6.45) is -3.94. The highest BCUT2D eigenvalue weighted by Crippen LogP contribution is 2.34. The van der Waals surface area contributed by atoms with E-state index in [1.165, 1.54) is 41.3 Å². The molecule has 2 rings (SSSR count).